The highest BCUT2D eigenvalue weighted by Gasteiger charge is 2.01. The molecule has 14 heavy (non-hydrogen) atoms. The van der Waals surface area contributed by atoms with Gasteiger partial charge in [-0.15, -0.1) is 0 Å². The Balaban J connectivity index is 3.87. The molecule has 0 unspecified atom stereocenters. The van der Waals surface area contributed by atoms with Gasteiger partial charge in [-0.3, -0.25) is 4.55 Å². The van der Waals surface area contributed by atoms with E-state index in [0.717, 1.165) is 12.0 Å². The number of nitrogens with zero attached hydrogens (tertiary/aromatic N) is 1. The van der Waals surface area contributed by atoms with Crippen molar-refractivity contribution in [2.45, 2.75) is 6.92 Å². The molecule has 0 aromatic carbocycles. The van der Waals surface area contributed by atoms with Crippen molar-refractivity contribution in [2.24, 2.45) is 0 Å². The largest absolute Gasteiger partial charge is 0.361 e. The molecule has 4 nitrogen and oxygen atoms in total. The zero-order valence-electron chi connectivity index (χ0n) is 8.00. The van der Waals surface area contributed by atoms with Crippen LogP contribution in [0.1, 0.15) is 6.92 Å². The van der Waals surface area contributed by atoms with Crippen LogP contribution in [0.15, 0.2) is 11.5 Å². The van der Waals surface area contributed by atoms with Gasteiger partial charge in [0.15, 0.2) is 0 Å². The van der Waals surface area contributed by atoms with Gasteiger partial charge in [-0.2, -0.15) is 8.42 Å². The molecule has 0 aliphatic heterocycles. The van der Waals surface area contributed by atoms with Crippen LogP contribution in [0.2, 0.25) is 0 Å². The Morgan fingerprint density at radius 1 is 1.64 bits per heavy atom. The molecule has 0 aliphatic rings. The zero-order valence-corrected chi connectivity index (χ0v) is 10.5. The van der Waals surface area contributed by atoms with E-state index in [-0.39, 0.29) is 0 Å². The minimum absolute atomic E-state index is 0.433. The van der Waals surface area contributed by atoms with Crippen molar-refractivity contribution in [3.05, 3.63) is 11.5 Å². The highest BCUT2D eigenvalue weighted by Crippen LogP contribution is 2.07. The van der Waals surface area contributed by atoms with Crippen LogP contribution >= 0.6 is 24.0 Å². The van der Waals surface area contributed by atoms with Crippen LogP contribution in [0.25, 0.3) is 0 Å². The Morgan fingerprint density at radius 2 is 2.21 bits per heavy atom. The van der Waals surface area contributed by atoms with Crippen molar-refractivity contribution in [3.63, 3.8) is 0 Å². The van der Waals surface area contributed by atoms with E-state index >= 15 is 0 Å². The minimum atomic E-state index is -4.00. The summed E-state index contributed by atoms with van der Waals surface area (Å²) in [4.78, 5) is 1.88. The molecular weight excluding hydrogens is 242 g/mol. The highest BCUT2D eigenvalue weighted by molar-refractivity contribution is 8.23. The Labute approximate surface area is 94.1 Å². The summed E-state index contributed by atoms with van der Waals surface area (Å²) >= 11 is 6.37. The first-order valence-electron chi connectivity index (χ1n) is 3.88. The Morgan fingerprint density at radius 3 is 2.64 bits per heavy atom. The van der Waals surface area contributed by atoms with E-state index in [0.29, 0.717) is 10.1 Å². The highest BCUT2D eigenvalue weighted by atomic mass is 32.2. The van der Waals surface area contributed by atoms with Gasteiger partial charge in [0.2, 0.25) is 0 Å². The standard InChI is InChI=1S/C7H13NO3S3/c1-3-8(2)7(12)13-5-4-6-14(9,10)11/h4,6H,3,5H2,1-2H3,(H,9,10,11)/b6-4-. The first kappa shape index (κ1) is 13.9. The number of hydrogen-bond donors (Lipinski definition) is 1. The second-order valence-corrected chi connectivity index (χ2v) is 5.43. The van der Waals surface area contributed by atoms with Gasteiger partial charge in [-0.1, -0.05) is 30.1 Å². The Kier molecular flexibility index (Phi) is 6.34. The van der Waals surface area contributed by atoms with Gasteiger partial charge in [0.05, 0.1) is 5.41 Å². The maximum Gasteiger partial charge on any atom is 0.287 e. The lowest BCUT2D eigenvalue weighted by molar-refractivity contribution is 0.494. The number of thiocarbonyl (C=S) groups is 1. The molecule has 1 N–H and O–H groups in total. The molecule has 82 valence electrons. The first-order chi connectivity index (χ1) is 6.37. The molecule has 7 heteroatoms. The van der Waals surface area contributed by atoms with Gasteiger partial charge >= 0.3 is 0 Å². The van der Waals surface area contributed by atoms with E-state index in [1.807, 2.05) is 18.9 Å². The van der Waals surface area contributed by atoms with E-state index in [4.69, 9.17) is 16.8 Å². The summed E-state index contributed by atoms with van der Waals surface area (Å²) in [5.41, 5.74) is 0. The summed E-state index contributed by atoms with van der Waals surface area (Å²) in [6, 6.07) is 0. The zero-order chi connectivity index (χ0) is 11.2. The molecule has 0 aliphatic carbocycles. The number of hydrogen-bond acceptors (Lipinski definition) is 4. The molecular formula is C7H13NO3S3. The Hall–Kier alpha value is -0.110. The third kappa shape index (κ3) is 7.31. The second kappa shape index (κ2) is 6.39. The number of thioether (sulfide) groups is 1. The van der Waals surface area contributed by atoms with Crippen LogP contribution in [0.5, 0.6) is 0 Å². The SMILES string of the molecule is CCN(C)C(=S)SC/C=C\S(=O)(=O)O. The van der Waals surface area contributed by atoms with Crippen molar-refractivity contribution in [2.75, 3.05) is 19.3 Å². The van der Waals surface area contributed by atoms with Crippen LogP contribution in [-0.4, -0.2) is 41.5 Å². The normalized spacial score (nSPS) is 11.9. The number of rotatable bonds is 4. The Bertz CT molecular complexity index is 310. The fourth-order valence-corrected chi connectivity index (χ4v) is 2.00. The fourth-order valence-electron chi connectivity index (χ4n) is 0.520. The summed E-state index contributed by atoms with van der Waals surface area (Å²) in [6.45, 7) is 2.79. The molecule has 0 rings (SSSR count). The fraction of sp³-hybridized carbons (Fsp3) is 0.571. The van der Waals surface area contributed by atoms with Crippen LogP contribution in [-0.2, 0) is 10.1 Å². The van der Waals surface area contributed by atoms with E-state index in [2.05, 4.69) is 0 Å². The molecule has 0 heterocycles. The molecule has 0 spiro atoms. The van der Waals surface area contributed by atoms with Crippen molar-refractivity contribution in [3.8, 4) is 0 Å². The average Bonchev–Trinajstić information content (AvgIpc) is 2.09. The molecule has 0 atom stereocenters. The summed E-state index contributed by atoms with van der Waals surface area (Å²) in [6.07, 6.45) is 1.36. The first-order valence-corrected chi connectivity index (χ1v) is 6.78. The smallest absolute Gasteiger partial charge is 0.287 e. The van der Waals surface area contributed by atoms with E-state index < -0.39 is 10.1 Å². The molecule has 0 saturated heterocycles. The molecule has 0 aromatic rings. The van der Waals surface area contributed by atoms with Crippen molar-refractivity contribution >= 4 is 38.4 Å². The van der Waals surface area contributed by atoms with Gasteiger partial charge < -0.3 is 4.90 Å². The topological polar surface area (TPSA) is 57.6 Å². The molecule has 0 fully saturated rings. The molecule has 0 saturated carbocycles. The van der Waals surface area contributed by atoms with Crippen molar-refractivity contribution in [1.82, 2.24) is 4.90 Å². The predicted octanol–water partition coefficient (Wildman–Crippen LogP) is 1.36. The van der Waals surface area contributed by atoms with Crippen molar-refractivity contribution in [1.29, 1.82) is 0 Å². The van der Waals surface area contributed by atoms with Gasteiger partial charge in [-0.25, -0.2) is 0 Å². The molecule has 0 aromatic heterocycles. The third-order valence-corrected chi connectivity index (χ3v) is 3.48. The van der Waals surface area contributed by atoms with Crippen LogP contribution < -0.4 is 0 Å². The minimum Gasteiger partial charge on any atom is -0.361 e. The predicted molar refractivity (Wildman–Crippen MR) is 64.0 cm³/mol. The van der Waals surface area contributed by atoms with Gasteiger partial charge in [0, 0.05) is 19.3 Å². The van der Waals surface area contributed by atoms with E-state index in [1.165, 1.54) is 17.8 Å². The average molecular weight is 255 g/mol. The molecule has 0 bridgehead atoms. The summed E-state index contributed by atoms with van der Waals surface area (Å²) in [5.74, 6) is 0.433. The van der Waals surface area contributed by atoms with Gasteiger partial charge in [0.1, 0.15) is 4.32 Å². The maximum absolute atomic E-state index is 10.3. The van der Waals surface area contributed by atoms with Crippen LogP contribution in [0.4, 0.5) is 0 Å². The quantitative estimate of drug-likeness (QED) is 0.604. The lowest BCUT2D eigenvalue weighted by Gasteiger charge is -2.15. The lowest BCUT2D eigenvalue weighted by atomic mass is 10.7. The van der Waals surface area contributed by atoms with E-state index in [9.17, 15) is 8.42 Å². The van der Waals surface area contributed by atoms with Crippen LogP contribution in [0.3, 0.4) is 0 Å². The summed E-state index contributed by atoms with van der Waals surface area (Å²) in [7, 11) is -2.14. The van der Waals surface area contributed by atoms with E-state index in [1.54, 1.807) is 0 Å². The monoisotopic (exact) mass is 255 g/mol. The van der Waals surface area contributed by atoms with Gasteiger partial charge in [-0.05, 0) is 6.92 Å². The molecule has 0 radical (unpaired) electrons. The van der Waals surface area contributed by atoms with Gasteiger partial charge in [0.25, 0.3) is 10.1 Å². The van der Waals surface area contributed by atoms with Crippen LogP contribution in [0, 0.1) is 0 Å². The summed E-state index contributed by atoms with van der Waals surface area (Å²) in [5, 5.41) is 0.758. The third-order valence-electron chi connectivity index (χ3n) is 1.36. The second-order valence-electron chi connectivity index (χ2n) is 2.48. The lowest BCUT2D eigenvalue weighted by Crippen LogP contribution is -2.21. The summed E-state index contributed by atoms with van der Waals surface area (Å²) < 4.78 is 29.6. The molecule has 0 amide bonds. The maximum atomic E-state index is 10.3. The van der Waals surface area contributed by atoms with Crippen molar-refractivity contribution < 1.29 is 13.0 Å².